The molecule has 2 aromatic rings. The van der Waals surface area contributed by atoms with Gasteiger partial charge in [-0.05, 0) is 79.5 Å². The average molecular weight is 509 g/mol. The fraction of sp³-hybridized carbons (Fsp3) is 0.467. The molecule has 0 amide bonds. The number of hydrogen-bond acceptors (Lipinski definition) is 7. The Bertz CT molecular complexity index is 1010. The number of esters is 2. The molecule has 1 aliphatic rings. The van der Waals surface area contributed by atoms with Crippen molar-refractivity contribution >= 4 is 29.4 Å². The molecule has 0 radical (unpaired) electrons. The van der Waals surface area contributed by atoms with E-state index in [0.717, 1.165) is 23.8 Å². The number of ether oxygens (including phenoxy) is 3. The van der Waals surface area contributed by atoms with Gasteiger partial charge in [0.05, 0.1) is 25.4 Å². The molecule has 200 valence electrons. The molecule has 7 nitrogen and oxygen atoms in total. The van der Waals surface area contributed by atoms with Crippen molar-refractivity contribution in [3.05, 3.63) is 59.7 Å². The van der Waals surface area contributed by atoms with E-state index in [1.54, 1.807) is 12.1 Å². The van der Waals surface area contributed by atoms with Crippen LogP contribution in [0.4, 0.5) is 11.4 Å². The Labute approximate surface area is 220 Å². The molecule has 2 aromatic carbocycles. The van der Waals surface area contributed by atoms with Crippen LogP contribution in [-0.4, -0.2) is 31.8 Å². The second kappa shape index (κ2) is 14.9. The monoisotopic (exact) mass is 508 g/mol. The lowest BCUT2D eigenvalue weighted by atomic mass is 9.80. The van der Waals surface area contributed by atoms with Crippen LogP contribution < -0.4 is 16.2 Å². The lowest BCUT2D eigenvalue weighted by Gasteiger charge is -2.28. The highest BCUT2D eigenvalue weighted by atomic mass is 16.5. The standard InChI is InChI=1S/C30H40N2O5/c1-2-5-22-6-8-24(9-7-22)21-37-28-13-10-23(11-14-28)12-15-29(33)35-16-3-4-17-36-30(34)25-18-26(31)20-27(32)19-25/h10-15,18-20,22,24H,2-9,16-17,21,31-32H2,1H3. The van der Waals surface area contributed by atoms with Crippen LogP contribution in [0, 0.1) is 11.8 Å². The van der Waals surface area contributed by atoms with Gasteiger partial charge < -0.3 is 25.7 Å². The number of rotatable bonds is 13. The summed E-state index contributed by atoms with van der Waals surface area (Å²) in [6.45, 7) is 3.51. The summed E-state index contributed by atoms with van der Waals surface area (Å²) in [6, 6.07) is 12.4. The van der Waals surface area contributed by atoms with E-state index < -0.39 is 11.9 Å². The summed E-state index contributed by atoms with van der Waals surface area (Å²) in [4.78, 5) is 24.0. The molecule has 0 aromatic heterocycles. The Morgan fingerprint density at radius 1 is 0.892 bits per heavy atom. The zero-order valence-corrected chi connectivity index (χ0v) is 21.8. The maximum Gasteiger partial charge on any atom is 0.338 e. The van der Waals surface area contributed by atoms with Crippen LogP contribution in [0.15, 0.2) is 48.5 Å². The maximum absolute atomic E-state index is 12.0. The van der Waals surface area contributed by atoms with Gasteiger partial charge in [-0.15, -0.1) is 0 Å². The third-order valence-electron chi connectivity index (χ3n) is 6.67. The molecule has 3 rings (SSSR count). The second-order valence-corrected chi connectivity index (χ2v) is 9.79. The first-order valence-electron chi connectivity index (χ1n) is 13.3. The molecule has 37 heavy (non-hydrogen) atoms. The quantitative estimate of drug-likeness (QED) is 0.147. The highest BCUT2D eigenvalue weighted by molar-refractivity contribution is 5.91. The number of nitrogen functional groups attached to an aromatic ring is 2. The van der Waals surface area contributed by atoms with Crippen molar-refractivity contribution in [2.75, 3.05) is 31.3 Å². The summed E-state index contributed by atoms with van der Waals surface area (Å²) in [5.41, 5.74) is 13.4. The molecule has 4 N–H and O–H groups in total. The molecular weight excluding hydrogens is 468 g/mol. The third kappa shape index (κ3) is 10.2. The summed E-state index contributed by atoms with van der Waals surface area (Å²) in [7, 11) is 0. The Morgan fingerprint density at radius 3 is 2.16 bits per heavy atom. The molecule has 0 aliphatic heterocycles. The summed E-state index contributed by atoms with van der Waals surface area (Å²) in [5.74, 6) is 1.52. The van der Waals surface area contributed by atoms with Crippen LogP contribution in [0.1, 0.15) is 74.2 Å². The Hall–Kier alpha value is -3.48. The molecule has 0 spiro atoms. The molecule has 0 unspecified atom stereocenters. The SMILES string of the molecule is CCCC1CCC(COc2ccc(C=CC(=O)OCCCCOC(=O)c3cc(N)cc(N)c3)cc2)CC1. The van der Waals surface area contributed by atoms with Crippen molar-refractivity contribution < 1.29 is 23.8 Å². The van der Waals surface area contributed by atoms with Crippen LogP contribution in [0.2, 0.25) is 0 Å². The number of unbranched alkanes of at least 4 members (excludes halogenated alkanes) is 1. The maximum atomic E-state index is 12.0. The van der Waals surface area contributed by atoms with Crippen molar-refractivity contribution in [1.82, 2.24) is 0 Å². The van der Waals surface area contributed by atoms with Gasteiger partial charge in [-0.25, -0.2) is 9.59 Å². The van der Waals surface area contributed by atoms with Crippen LogP contribution in [0.25, 0.3) is 6.08 Å². The molecule has 1 fully saturated rings. The van der Waals surface area contributed by atoms with Crippen LogP contribution in [0.5, 0.6) is 5.75 Å². The van der Waals surface area contributed by atoms with Gasteiger partial charge in [0.1, 0.15) is 5.75 Å². The molecular formula is C30H40N2O5. The fourth-order valence-corrected chi connectivity index (χ4v) is 4.62. The average Bonchev–Trinajstić information content (AvgIpc) is 2.89. The first-order chi connectivity index (χ1) is 17.9. The first kappa shape index (κ1) is 28.1. The van der Waals surface area contributed by atoms with Gasteiger partial charge in [0.15, 0.2) is 0 Å². The number of benzene rings is 2. The summed E-state index contributed by atoms with van der Waals surface area (Å²) in [6.07, 6.45) is 12.1. The Morgan fingerprint density at radius 2 is 1.51 bits per heavy atom. The van der Waals surface area contributed by atoms with Gasteiger partial charge in [0, 0.05) is 17.5 Å². The van der Waals surface area contributed by atoms with E-state index in [0.29, 0.717) is 35.7 Å². The van der Waals surface area contributed by atoms with Crippen molar-refractivity contribution in [3.8, 4) is 5.75 Å². The predicted octanol–water partition coefficient (Wildman–Crippen LogP) is 6.03. The molecule has 0 heterocycles. The van der Waals surface area contributed by atoms with Crippen LogP contribution in [0.3, 0.4) is 0 Å². The Kier molecular flexibility index (Phi) is 11.3. The number of carbonyl (C=O) groups excluding carboxylic acids is 2. The summed E-state index contributed by atoms with van der Waals surface area (Å²) >= 11 is 0. The zero-order chi connectivity index (χ0) is 26.5. The molecule has 1 aliphatic carbocycles. The lowest BCUT2D eigenvalue weighted by molar-refractivity contribution is -0.137. The number of anilines is 2. The van der Waals surface area contributed by atoms with E-state index in [4.69, 9.17) is 25.7 Å². The number of hydrogen-bond donors (Lipinski definition) is 2. The zero-order valence-electron chi connectivity index (χ0n) is 21.8. The lowest BCUT2D eigenvalue weighted by Crippen LogP contribution is -2.20. The number of carbonyl (C=O) groups is 2. The minimum atomic E-state index is -0.482. The molecule has 1 saturated carbocycles. The van der Waals surface area contributed by atoms with Crippen molar-refractivity contribution in [1.29, 1.82) is 0 Å². The minimum Gasteiger partial charge on any atom is -0.493 e. The van der Waals surface area contributed by atoms with Gasteiger partial charge in [0.2, 0.25) is 0 Å². The number of nitrogens with two attached hydrogens (primary N) is 2. The van der Waals surface area contributed by atoms with Crippen LogP contribution in [-0.2, 0) is 14.3 Å². The largest absolute Gasteiger partial charge is 0.493 e. The minimum absolute atomic E-state index is 0.218. The summed E-state index contributed by atoms with van der Waals surface area (Å²) < 4.78 is 16.4. The van der Waals surface area contributed by atoms with Gasteiger partial charge in [-0.2, -0.15) is 0 Å². The molecule has 0 atom stereocenters. The van der Waals surface area contributed by atoms with E-state index in [-0.39, 0.29) is 13.2 Å². The van der Waals surface area contributed by atoms with E-state index >= 15 is 0 Å². The topological polar surface area (TPSA) is 114 Å². The Balaban J connectivity index is 1.27. The smallest absolute Gasteiger partial charge is 0.338 e. The molecule has 0 bridgehead atoms. The summed E-state index contributed by atoms with van der Waals surface area (Å²) in [5, 5.41) is 0. The molecule has 7 heteroatoms. The fourth-order valence-electron chi connectivity index (χ4n) is 4.62. The van der Waals surface area contributed by atoms with Gasteiger partial charge in [-0.1, -0.05) is 44.7 Å². The second-order valence-electron chi connectivity index (χ2n) is 9.79. The van der Waals surface area contributed by atoms with Crippen LogP contribution >= 0.6 is 0 Å². The van der Waals surface area contributed by atoms with E-state index in [1.165, 1.54) is 56.7 Å². The van der Waals surface area contributed by atoms with E-state index in [1.807, 2.05) is 24.3 Å². The predicted molar refractivity (Wildman–Crippen MR) is 147 cm³/mol. The van der Waals surface area contributed by atoms with Gasteiger partial charge in [-0.3, -0.25) is 0 Å². The van der Waals surface area contributed by atoms with Gasteiger partial charge in [0.25, 0.3) is 0 Å². The molecule has 0 saturated heterocycles. The normalized spacial score (nSPS) is 17.4. The van der Waals surface area contributed by atoms with Crippen molar-refractivity contribution in [2.24, 2.45) is 11.8 Å². The van der Waals surface area contributed by atoms with Gasteiger partial charge >= 0.3 is 11.9 Å². The highest BCUT2D eigenvalue weighted by Gasteiger charge is 2.21. The van der Waals surface area contributed by atoms with E-state index in [2.05, 4.69) is 6.92 Å². The third-order valence-corrected chi connectivity index (χ3v) is 6.67. The van der Waals surface area contributed by atoms with Crippen molar-refractivity contribution in [3.63, 3.8) is 0 Å². The van der Waals surface area contributed by atoms with Crippen molar-refractivity contribution in [2.45, 2.75) is 58.3 Å². The highest BCUT2D eigenvalue weighted by Crippen LogP contribution is 2.32. The first-order valence-corrected chi connectivity index (χ1v) is 13.3. The van der Waals surface area contributed by atoms with E-state index in [9.17, 15) is 9.59 Å².